The second-order valence-electron chi connectivity index (χ2n) is 4.39. The van der Waals surface area contributed by atoms with Crippen LogP contribution in [0.15, 0.2) is 18.2 Å². The van der Waals surface area contributed by atoms with Gasteiger partial charge in [0.1, 0.15) is 17.3 Å². The molecule has 5 nitrogen and oxygen atoms in total. The van der Waals surface area contributed by atoms with Gasteiger partial charge in [-0.1, -0.05) is 0 Å². The number of aromatic nitrogens is 2. The molecule has 6 heteroatoms. The van der Waals surface area contributed by atoms with Crippen molar-refractivity contribution in [3.8, 4) is 17.0 Å². The first-order valence-corrected chi connectivity index (χ1v) is 6.37. The van der Waals surface area contributed by atoms with Gasteiger partial charge in [0.05, 0.1) is 18.9 Å². The van der Waals surface area contributed by atoms with Crippen LogP contribution in [0.5, 0.6) is 5.75 Å². The number of nitrogens with one attached hydrogen (secondary N) is 1. The molecule has 0 radical (unpaired) electrons. The van der Waals surface area contributed by atoms with Crippen molar-refractivity contribution in [3.05, 3.63) is 35.3 Å². The minimum Gasteiger partial charge on any atom is -0.492 e. The molecule has 0 unspecified atom stereocenters. The van der Waals surface area contributed by atoms with Crippen LogP contribution < -0.4 is 4.74 Å². The van der Waals surface area contributed by atoms with Gasteiger partial charge in [0, 0.05) is 23.6 Å². The molecule has 0 bridgehead atoms. The summed E-state index contributed by atoms with van der Waals surface area (Å²) in [6.45, 7) is 2.40. The zero-order valence-corrected chi connectivity index (χ0v) is 10.9. The normalized spacial score (nSPS) is 12.9. The zero-order chi connectivity index (χ0) is 14.1. The zero-order valence-electron chi connectivity index (χ0n) is 10.9. The highest BCUT2D eigenvalue weighted by atomic mass is 19.1. The maximum Gasteiger partial charge on any atom is 0.356 e. The SMILES string of the molecule is CCOC(=O)c1[nH]nc2c1CCOc1cc(F)ccc1-2. The van der Waals surface area contributed by atoms with E-state index < -0.39 is 5.97 Å². The Morgan fingerprint density at radius 2 is 2.40 bits per heavy atom. The third kappa shape index (κ3) is 2.03. The lowest BCUT2D eigenvalue weighted by Crippen LogP contribution is -2.09. The van der Waals surface area contributed by atoms with Gasteiger partial charge >= 0.3 is 5.97 Å². The number of H-pyrrole nitrogens is 1. The molecule has 0 saturated carbocycles. The predicted octanol–water partition coefficient (Wildman–Crippen LogP) is 2.33. The number of rotatable bonds is 2. The quantitative estimate of drug-likeness (QED) is 0.855. The monoisotopic (exact) mass is 276 g/mol. The van der Waals surface area contributed by atoms with E-state index in [1.165, 1.54) is 12.1 Å². The number of carbonyl (C=O) groups excluding carboxylic acids is 1. The summed E-state index contributed by atoms with van der Waals surface area (Å²) < 4.78 is 23.8. The van der Waals surface area contributed by atoms with E-state index >= 15 is 0 Å². The number of ether oxygens (including phenoxy) is 2. The maximum absolute atomic E-state index is 13.3. The van der Waals surface area contributed by atoms with E-state index in [2.05, 4.69) is 10.2 Å². The molecule has 0 atom stereocenters. The van der Waals surface area contributed by atoms with E-state index in [4.69, 9.17) is 9.47 Å². The largest absolute Gasteiger partial charge is 0.492 e. The van der Waals surface area contributed by atoms with Gasteiger partial charge in [-0.15, -0.1) is 0 Å². The highest BCUT2D eigenvalue weighted by molar-refractivity contribution is 5.91. The molecule has 2 aromatic rings. The van der Waals surface area contributed by atoms with Crippen molar-refractivity contribution in [3.63, 3.8) is 0 Å². The summed E-state index contributed by atoms with van der Waals surface area (Å²) in [4.78, 5) is 11.9. The van der Waals surface area contributed by atoms with E-state index in [1.807, 2.05) is 0 Å². The van der Waals surface area contributed by atoms with Crippen LogP contribution in [-0.4, -0.2) is 29.4 Å². The van der Waals surface area contributed by atoms with Gasteiger partial charge in [-0.3, -0.25) is 5.10 Å². The lowest BCUT2D eigenvalue weighted by atomic mass is 10.0. The topological polar surface area (TPSA) is 64.2 Å². The molecule has 1 aromatic carbocycles. The molecule has 1 aliphatic rings. The van der Waals surface area contributed by atoms with E-state index in [9.17, 15) is 9.18 Å². The Hall–Kier alpha value is -2.37. The van der Waals surface area contributed by atoms with Crippen LogP contribution in [0, 0.1) is 5.82 Å². The number of esters is 1. The van der Waals surface area contributed by atoms with E-state index in [-0.39, 0.29) is 5.82 Å². The Morgan fingerprint density at radius 1 is 1.55 bits per heavy atom. The minimum absolute atomic E-state index is 0.297. The third-order valence-electron chi connectivity index (χ3n) is 3.16. The molecule has 0 aliphatic carbocycles. The molecule has 1 N–H and O–H groups in total. The third-order valence-corrected chi connectivity index (χ3v) is 3.16. The molecule has 0 saturated heterocycles. The molecule has 1 aromatic heterocycles. The number of benzene rings is 1. The summed E-state index contributed by atoms with van der Waals surface area (Å²) in [5.41, 5.74) is 2.36. The summed E-state index contributed by atoms with van der Waals surface area (Å²) in [6.07, 6.45) is 0.510. The van der Waals surface area contributed by atoms with Crippen LogP contribution in [-0.2, 0) is 11.2 Å². The summed E-state index contributed by atoms with van der Waals surface area (Å²) >= 11 is 0. The molecule has 0 fully saturated rings. The summed E-state index contributed by atoms with van der Waals surface area (Å²) in [7, 11) is 0. The van der Waals surface area contributed by atoms with Gasteiger partial charge < -0.3 is 9.47 Å². The lowest BCUT2D eigenvalue weighted by molar-refractivity contribution is 0.0518. The van der Waals surface area contributed by atoms with Gasteiger partial charge in [-0.25, -0.2) is 9.18 Å². The van der Waals surface area contributed by atoms with Crippen molar-refractivity contribution < 1.29 is 18.7 Å². The number of carbonyl (C=O) groups is 1. The summed E-state index contributed by atoms with van der Waals surface area (Å²) in [5.74, 6) is -0.370. The van der Waals surface area contributed by atoms with Gasteiger partial charge in [-0.2, -0.15) is 5.10 Å². The van der Waals surface area contributed by atoms with Gasteiger partial charge in [0.15, 0.2) is 0 Å². The highest BCUT2D eigenvalue weighted by Crippen LogP contribution is 2.35. The first-order chi connectivity index (χ1) is 9.70. The maximum atomic E-state index is 13.3. The first kappa shape index (κ1) is 12.7. The molecule has 3 rings (SSSR count). The Kier molecular flexibility index (Phi) is 3.14. The van der Waals surface area contributed by atoms with Crippen molar-refractivity contribution >= 4 is 5.97 Å². The number of aromatic amines is 1. The van der Waals surface area contributed by atoms with Crippen LogP contribution in [0.2, 0.25) is 0 Å². The molecular formula is C14H13FN2O3. The molecule has 20 heavy (non-hydrogen) atoms. The second kappa shape index (κ2) is 4.96. The standard InChI is InChI=1S/C14H13FN2O3/c1-2-19-14(18)13-10-5-6-20-11-7-8(15)3-4-9(11)12(10)16-17-13/h3-4,7H,2,5-6H2,1H3,(H,16,17). The van der Waals surface area contributed by atoms with Crippen molar-refractivity contribution in [2.24, 2.45) is 0 Å². The van der Waals surface area contributed by atoms with Crippen molar-refractivity contribution in [1.29, 1.82) is 0 Å². The van der Waals surface area contributed by atoms with Crippen LogP contribution in [0.4, 0.5) is 4.39 Å². The fourth-order valence-corrected chi connectivity index (χ4v) is 2.28. The van der Waals surface area contributed by atoms with Crippen LogP contribution in [0.25, 0.3) is 11.3 Å². The van der Waals surface area contributed by atoms with E-state index in [0.717, 1.165) is 5.56 Å². The van der Waals surface area contributed by atoms with Crippen LogP contribution in [0.3, 0.4) is 0 Å². The minimum atomic E-state index is -0.438. The second-order valence-corrected chi connectivity index (χ2v) is 4.39. The van der Waals surface area contributed by atoms with Gasteiger partial charge in [0.25, 0.3) is 0 Å². The Balaban J connectivity index is 2.10. The summed E-state index contributed by atoms with van der Waals surface area (Å²) in [5, 5.41) is 6.87. The number of halogens is 1. The Bertz CT molecular complexity index is 666. The number of nitrogens with zero attached hydrogens (tertiary/aromatic N) is 1. The van der Waals surface area contributed by atoms with E-state index in [1.54, 1.807) is 13.0 Å². The van der Waals surface area contributed by atoms with Gasteiger partial charge in [-0.05, 0) is 19.1 Å². The van der Waals surface area contributed by atoms with Crippen LogP contribution >= 0.6 is 0 Å². The summed E-state index contributed by atoms with van der Waals surface area (Å²) in [6, 6.07) is 4.27. The molecule has 1 aliphatic heterocycles. The highest BCUT2D eigenvalue weighted by Gasteiger charge is 2.25. The number of hydrogen-bond donors (Lipinski definition) is 1. The Labute approximate surface area is 114 Å². The fraction of sp³-hybridized carbons (Fsp3) is 0.286. The number of hydrogen-bond acceptors (Lipinski definition) is 4. The Morgan fingerprint density at radius 3 is 3.20 bits per heavy atom. The van der Waals surface area contributed by atoms with E-state index in [0.29, 0.717) is 42.3 Å². The predicted molar refractivity (Wildman–Crippen MR) is 69.1 cm³/mol. The van der Waals surface area contributed by atoms with Crippen molar-refractivity contribution in [2.45, 2.75) is 13.3 Å². The molecule has 0 spiro atoms. The van der Waals surface area contributed by atoms with Gasteiger partial charge in [0.2, 0.25) is 0 Å². The molecule has 2 heterocycles. The average Bonchev–Trinajstić information content (AvgIpc) is 2.75. The molecular weight excluding hydrogens is 263 g/mol. The van der Waals surface area contributed by atoms with Crippen LogP contribution in [0.1, 0.15) is 23.0 Å². The average molecular weight is 276 g/mol. The van der Waals surface area contributed by atoms with Crippen molar-refractivity contribution in [2.75, 3.05) is 13.2 Å². The smallest absolute Gasteiger partial charge is 0.356 e. The number of fused-ring (bicyclic) bond motifs is 3. The molecule has 0 amide bonds. The lowest BCUT2D eigenvalue weighted by Gasteiger charge is -2.05. The first-order valence-electron chi connectivity index (χ1n) is 6.37. The fourth-order valence-electron chi connectivity index (χ4n) is 2.28. The van der Waals surface area contributed by atoms with Crippen molar-refractivity contribution in [1.82, 2.24) is 10.2 Å². The molecule has 104 valence electrons.